The first-order valence-corrected chi connectivity index (χ1v) is 4.94. The van der Waals surface area contributed by atoms with E-state index in [9.17, 15) is 0 Å². The lowest BCUT2D eigenvalue weighted by atomic mass is 10.0. The summed E-state index contributed by atoms with van der Waals surface area (Å²) in [6, 6.07) is 9.34. The summed E-state index contributed by atoms with van der Waals surface area (Å²) in [4.78, 5) is 0. The van der Waals surface area contributed by atoms with Gasteiger partial charge in [-0.2, -0.15) is 15.8 Å². The van der Waals surface area contributed by atoms with E-state index in [2.05, 4.69) is 0 Å². The minimum absolute atomic E-state index is 0.299. The first-order valence-electron chi connectivity index (χ1n) is 4.06. The second-order valence-corrected chi connectivity index (χ2v) is 3.76. The second kappa shape index (κ2) is 3.42. The number of nitrogens with zero attached hydrogens (tertiary/aromatic N) is 3. The lowest BCUT2D eigenvalue weighted by Gasteiger charge is -1.96. The van der Waals surface area contributed by atoms with E-state index in [1.54, 1.807) is 17.5 Å². The first kappa shape index (κ1) is 9.21. The van der Waals surface area contributed by atoms with Crippen molar-refractivity contribution in [1.82, 2.24) is 0 Å². The largest absolute Gasteiger partial charge is 0.192 e. The summed E-state index contributed by atoms with van der Waals surface area (Å²) in [5, 5.41) is 29.0. The molecular weight excluding hydrogens is 206 g/mol. The zero-order valence-electron chi connectivity index (χ0n) is 7.48. The molecule has 4 heteroatoms. The number of benzene rings is 1. The van der Waals surface area contributed by atoms with Gasteiger partial charge in [0, 0.05) is 15.5 Å². The van der Waals surface area contributed by atoms with Gasteiger partial charge in [0.05, 0.1) is 16.7 Å². The van der Waals surface area contributed by atoms with Crippen LogP contribution in [0.5, 0.6) is 0 Å². The predicted octanol–water partition coefficient (Wildman–Crippen LogP) is 2.52. The van der Waals surface area contributed by atoms with Gasteiger partial charge in [0.15, 0.2) is 0 Å². The number of fused-ring (bicyclic) bond motifs is 1. The molecule has 3 nitrogen and oxygen atoms in total. The highest BCUT2D eigenvalue weighted by molar-refractivity contribution is 7.17. The molecule has 1 aromatic heterocycles. The summed E-state index contributed by atoms with van der Waals surface area (Å²) < 4.78 is 0.863. The minimum Gasteiger partial charge on any atom is -0.192 e. The summed E-state index contributed by atoms with van der Waals surface area (Å²) in [6.07, 6.45) is 0. The molecule has 0 aliphatic rings. The van der Waals surface area contributed by atoms with Crippen molar-refractivity contribution in [3.8, 4) is 18.2 Å². The molecule has 0 N–H and O–H groups in total. The van der Waals surface area contributed by atoms with Crippen LogP contribution in [0.25, 0.3) is 10.1 Å². The molecule has 1 heterocycles. The van der Waals surface area contributed by atoms with Crippen molar-refractivity contribution in [3.05, 3.63) is 34.2 Å². The molecule has 0 spiro atoms. The number of hydrogen-bond donors (Lipinski definition) is 0. The first-order chi connectivity index (χ1) is 7.31. The fourth-order valence-corrected chi connectivity index (χ4v) is 2.31. The normalized spacial score (nSPS) is 9.13. The third-order valence-electron chi connectivity index (χ3n) is 2.09. The van der Waals surface area contributed by atoms with E-state index in [0.717, 1.165) is 4.70 Å². The third-order valence-corrected chi connectivity index (χ3v) is 3.04. The molecule has 2 aromatic rings. The molecule has 15 heavy (non-hydrogen) atoms. The Hall–Kier alpha value is -2.35. The maximum absolute atomic E-state index is 8.98. The van der Waals surface area contributed by atoms with Gasteiger partial charge in [-0.05, 0) is 12.1 Å². The Balaban J connectivity index is 3.01. The van der Waals surface area contributed by atoms with Crippen molar-refractivity contribution in [2.24, 2.45) is 0 Å². The van der Waals surface area contributed by atoms with Crippen LogP contribution >= 0.6 is 11.3 Å². The van der Waals surface area contributed by atoms with E-state index in [1.807, 2.05) is 18.2 Å². The molecule has 68 valence electrons. The van der Waals surface area contributed by atoms with Crippen LogP contribution in [0.15, 0.2) is 17.5 Å². The molecule has 0 radical (unpaired) electrons. The van der Waals surface area contributed by atoms with Crippen LogP contribution in [0.2, 0.25) is 0 Å². The quantitative estimate of drug-likeness (QED) is 0.669. The average Bonchev–Trinajstić information content (AvgIpc) is 2.70. The highest BCUT2D eigenvalue weighted by atomic mass is 32.1. The van der Waals surface area contributed by atoms with Gasteiger partial charge in [-0.3, -0.25) is 0 Å². The van der Waals surface area contributed by atoms with Crippen LogP contribution in [0, 0.1) is 34.0 Å². The molecular formula is C11H3N3S. The summed E-state index contributed by atoms with van der Waals surface area (Å²) in [5.74, 6) is 0. The number of hydrogen-bond acceptors (Lipinski definition) is 4. The number of nitriles is 3. The van der Waals surface area contributed by atoms with Crippen LogP contribution in [0.4, 0.5) is 0 Å². The van der Waals surface area contributed by atoms with E-state index in [0.29, 0.717) is 22.1 Å². The van der Waals surface area contributed by atoms with Crippen LogP contribution in [-0.4, -0.2) is 0 Å². The van der Waals surface area contributed by atoms with Gasteiger partial charge in [-0.25, -0.2) is 0 Å². The molecule has 0 atom stereocenters. The molecule has 0 bridgehead atoms. The van der Waals surface area contributed by atoms with Crippen LogP contribution in [-0.2, 0) is 0 Å². The summed E-state index contributed by atoms with van der Waals surface area (Å²) in [5.41, 5.74) is 1.08. The Bertz CT molecular complexity index is 662. The van der Waals surface area contributed by atoms with Crippen LogP contribution < -0.4 is 0 Å². The smallest absolute Gasteiger partial charge is 0.101 e. The predicted molar refractivity (Wildman–Crippen MR) is 56.0 cm³/mol. The molecule has 0 saturated heterocycles. The fraction of sp³-hybridized carbons (Fsp3) is 0. The Labute approximate surface area is 90.0 Å². The molecule has 2 rings (SSSR count). The Morgan fingerprint density at radius 3 is 2.27 bits per heavy atom. The van der Waals surface area contributed by atoms with Crippen molar-refractivity contribution < 1.29 is 0 Å². The monoisotopic (exact) mass is 209 g/mol. The van der Waals surface area contributed by atoms with Gasteiger partial charge in [0.1, 0.15) is 18.2 Å². The zero-order valence-corrected chi connectivity index (χ0v) is 8.30. The number of thiophene rings is 1. The zero-order chi connectivity index (χ0) is 10.8. The Morgan fingerprint density at radius 2 is 1.67 bits per heavy atom. The highest BCUT2D eigenvalue weighted by Crippen LogP contribution is 2.30. The minimum atomic E-state index is 0.299. The molecule has 0 saturated carbocycles. The van der Waals surface area contributed by atoms with Gasteiger partial charge in [-0.1, -0.05) is 0 Å². The van der Waals surface area contributed by atoms with Crippen LogP contribution in [0.3, 0.4) is 0 Å². The van der Waals surface area contributed by atoms with Gasteiger partial charge in [-0.15, -0.1) is 11.3 Å². The highest BCUT2D eigenvalue weighted by Gasteiger charge is 2.12. The molecule has 0 aliphatic carbocycles. The second-order valence-electron chi connectivity index (χ2n) is 2.85. The van der Waals surface area contributed by atoms with Gasteiger partial charge in [0.2, 0.25) is 0 Å². The van der Waals surface area contributed by atoms with Crippen LogP contribution in [0.1, 0.15) is 16.7 Å². The Morgan fingerprint density at radius 1 is 0.933 bits per heavy atom. The molecule has 0 fully saturated rings. The van der Waals surface area contributed by atoms with Crippen molar-refractivity contribution in [2.45, 2.75) is 0 Å². The van der Waals surface area contributed by atoms with Crippen molar-refractivity contribution in [3.63, 3.8) is 0 Å². The molecule has 1 aromatic carbocycles. The van der Waals surface area contributed by atoms with Gasteiger partial charge >= 0.3 is 0 Å². The third kappa shape index (κ3) is 1.23. The van der Waals surface area contributed by atoms with E-state index in [1.165, 1.54) is 11.3 Å². The van der Waals surface area contributed by atoms with E-state index in [4.69, 9.17) is 15.8 Å². The standard InChI is InChI=1S/C11H3N3S/c12-3-7-1-2-10-11(9(7)5-14)8(4-13)6-15-10/h1-2,6H. The molecule has 0 unspecified atom stereocenters. The summed E-state index contributed by atoms with van der Waals surface area (Å²) in [6.45, 7) is 0. The number of rotatable bonds is 0. The average molecular weight is 209 g/mol. The summed E-state index contributed by atoms with van der Waals surface area (Å²) in [7, 11) is 0. The van der Waals surface area contributed by atoms with E-state index >= 15 is 0 Å². The molecule has 0 amide bonds. The van der Waals surface area contributed by atoms with Gasteiger partial charge < -0.3 is 0 Å². The van der Waals surface area contributed by atoms with Crippen molar-refractivity contribution >= 4 is 21.4 Å². The van der Waals surface area contributed by atoms with E-state index in [-0.39, 0.29) is 0 Å². The lowest BCUT2D eigenvalue weighted by molar-refractivity contribution is 1.45. The van der Waals surface area contributed by atoms with Gasteiger partial charge in [0.25, 0.3) is 0 Å². The maximum Gasteiger partial charge on any atom is 0.101 e. The lowest BCUT2D eigenvalue weighted by Crippen LogP contribution is -1.85. The topological polar surface area (TPSA) is 71.4 Å². The van der Waals surface area contributed by atoms with E-state index < -0.39 is 0 Å². The van der Waals surface area contributed by atoms with Crippen molar-refractivity contribution in [2.75, 3.05) is 0 Å². The molecule has 0 aliphatic heterocycles. The van der Waals surface area contributed by atoms with Crippen molar-refractivity contribution in [1.29, 1.82) is 15.8 Å². The SMILES string of the molecule is N#Cc1ccc2scc(C#N)c2c1C#N. The summed E-state index contributed by atoms with van der Waals surface area (Å²) >= 11 is 1.40. The maximum atomic E-state index is 8.98. The fourth-order valence-electron chi connectivity index (χ4n) is 1.42. The Kier molecular flexibility index (Phi) is 2.10.